The van der Waals surface area contributed by atoms with Gasteiger partial charge in [-0.25, -0.2) is 0 Å². The van der Waals surface area contributed by atoms with Crippen LogP contribution in [-0.4, -0.2) is 17.6 Å². The van der Waals surface area contributed by atoms with Crippen molar-refractivity contribution in [3.05, 3.63) is 35.1 Å². The predicted molar refractivity (Wildman–Crippen MR) is 61.7 cm³/mol. The zero-order valence-electron chi connectivity index (χ0n) is 8.41. The fraction of sp³-hybridized carbons (Fsp3) is 0.417. The highest BCUT2D eigenvalue weighted by molar-refractivity contribution is 6.30. The van der Waals surface area contributed by atoms with Gasteiger partial charge in [0.2, 0.25) is 0 Å². The smallest absolute Gasteiger partial charge is 0.0595 e. The first-order valence-electron chi connectivity index (χ1n) is 5.36. The third kappa shape index (κ3) is 1.68. The van der Waals surface area contributed by atoms with Crippen LogP contribution in [0.2, 0.25) is 5.02 Å². The highest BCUT2D eigenvalue weighted by atomic mass is 35.5. The zero-order chi connectivity index (χ0) is 10.3. The minimum absolute atomic E-state index is 0.684. The second kappa shape index (κ2) is 3.62. The standard InChI is InChI=1S/C12H13ClN2/c13-11-3-10(5-14-7-11)8-1-2-9-6-15-12(9)4-8/h1,3,5,7,9,12,15H,2,4,6H2/t9-,12-/m0/s1. The summed E-state index contributed by atoms with van der Waals surface area (Å²) in [6.45, 7) is 1.18. The van der Waals surface area contributed by atoms with Crippen molar-refractivity contribution in [1.82, 2.24) is 10.3 Å². The molecule has 1 aliphatic carbocycles. The number of fused-ring (bicyclic) bond motifs is 1. The summed E-state index contributed by atoms with van der Waals surface area (Å²) in [6.07, 6.45) is 8.23. The van der Waals surface area contributed by atoms with Gasteiger partial charge in [0.1, 0.15) is 0 Å². The first kappa shape index (κ1) is 9.37. The van der Waals surface area contributed by atoms with Crippen molar-refractivity contribution in [2.45, 2.75) is 18.9 Å². The molecule has 0 radical (unpaired) electrons. The lowest BCUT2D eigenvalue weighted by Gasteiger charge is -2.41. The van der Waals surface area contributed by atoms with Crippen LogP contribution in [0.15, 0.2) is 24.5 Å². The summed E-state index contributed by atoms with van der Waals surface area (Å²) in [5, 5.41) is 4.19. The van der Waals surface area contributed by atoms with Gasteiger partial charge in [-0.1, -0.05) is 17.7 Å². The van der Waals surface area contributed by atoms with Crippen LogP contribution < -0.4 is 5.32 Å². The third-order valence-corrected chi connectivity index (χ3v) is 3.60. The molecule has 0 saturated carbocycles. The molecule has 0 aromatic carbocycles. The van der Waals surface area contributed by atoms with Crippen molar-refractivity contribution in [3.8, 4) is 0 Å². The van der Waals surface area contributed by atoms with Crippen LogP contribution in [0.4, 0.5) is 0 Å². The van der Waals surface area contributed by atoms with E-state index in [9.17, 15) is 0 Å². The molecular formula is C12H13ClN2. The third-order valence-electron chi connectivity index (χ3n) is 3.39. The minimum Gasteiger partial charge on any atom is -0.313 e. The molecule has 0 spiro atoms. The Balaban J connectivity index is 1.88. The molecule has 1 aliphatic heterocycles. The van der Waals surface area contributed by atoms with E-state index < -0.39 is 0 Å². The molecule has 2 heterocycles. The molecule has 1 N–H and O–H groups in total. The molecular weight excluding hydrogens is 208 g/mol. The first-order valence-corrected chi connectivity index (χ1v) is 5.74. The average Bonchev–Trinajstić information content (AvgIpc) is 2.20. The van der Waals surface area contributed by atoms with Crippen molar-refractivity contribution in [2.75, 3.05) is 6.54 Å². The van der Waals surface area contributed by atoms with E-state index in [0.717, 1.165) is 17.4 Å². The summed E-state index contributed by atoms with van der Waals surface area (Å²) in [6, 6.07) is 2.68. The molecule has 1 aromatic rings. The van der Waals surface area contributed by atoms with Crippen LogP contribution in [0.1, 0.15) is 18.4 Å². The van der Waals surface area contributed by atoms with E-state index in [1.807, 2.05) is 12.3 Å². The molecule has 2 aliphatic rings. The molecule has 2 atom stereocenters. The van der Waals surface area contributed by atoms with Gasteiger partial charge >= 0.3 is 0 Å². The largest absolute Gasteiger partial charge is 0.313 e. The maximum atomic E-state index is 5.94. The Labute approximate surface area is 94.4 Å². The topological polar surface area (TPSA) is 24.9 Å². The number of aromatic nitrogens is 1. The van der Waals surface area contributed by atoms with Gasteiger partial charge in [-0.05, 0) is 36.0 Å². The van der Waals surface area contributed by atoms with Crippen LogP contribution in [0.3, 0.4) is 0 Å². The second-order valence-electron chi connectivity index (χ2n) is 4.34. The number of pyridine rings is 1. The van der Waals surface area contributed by atoms with E-state index >= 15 is 0 Å². The van der Waals surface area contributed by atoms with Crippen molar-refractivity contribution in [3.63, 3.8) is 0 Å². The Kier molecular flexibility index (Phi) is 2.26. The summed E-state index contributed by atoms with van der Waals surface area (Å²) < 4.78 is 0. The Morgan fingerprint density at radius 1 is 1.40 bits per heavy atom. The molecule has 0 bridgehead atoms. The minimum atomic E-state index is 0.684. The van der Waals surface area contributed by atoms with E-state index in [-0.39, 0.29) is 0 Å². The molecule has 2 nitrogen and oxygen atoms in total. The molecule has 3 rings (SSSR count). The summed E-state index contributed by atoms with van der Waals surface area (Å²) in [5.74, 6) is 0.862. The molecule has 1 saturated heterocycles. The van der Waals surface area contributed by atoms with E-state index in [1.165, 1.54) is 24.1 Å². The number of nitrogens with zero attached hydrogens (tertiary/aromatic N) is 1. The Bertz CT molecular complexity index is 414. The van der Waals surface area contributed by atoms with Crippen LogP contribution in [0.5, 0.6) is 0 Å². The van der Waals surface area contributed by atoms with Gasteiger partial charge in [-0.15, -0.1) is 0 Å². The van der Waals surface area contributed by atoms with Crippen molar-refractivity contribution < 1.29 is 0 Å². The Morgan fingerprint density at radius 3 is 3.00 bits per heavy atom. The maximum Gasteiger partial charge on any atom is 0.0595 e. The molecule has 0 unspecified atom stereocenters. The quantitative estimate of drug-likeness (QED) is 0.787. The molecule has 78 valence electrons. The van der Waals surface area contributed by atoms with Crippen molar-refractivity contribution >= 4 is 17.2 Å². The highest BCUT2D eigenvalue weighted by Crippen LogP contribution is 2.34. The lowest BCUT2D eigenvalue weighted by Crippen LogP contribution is -2.53. The maximum absolute atomic E-state index is 5.94. The number of allylic oxidation sites excluding steroid dienone is 1. The second-order valence-corrected chi connectivity index (χ2v) is 4.77. The molecule has 1 fully saturated rings. The van der Waals surface area contributed by atoms with E-state index in [4.69, 9.17) is 11.6 Å². The van der Waals surface area contributed by atoms with Gasteiger partial charge in [-0.2, -0.15) is 0 Å². The number of halogens is 1. The van der Waals surface area contributed by atoms with Gasteiger partial charge in [-0.3, -0.25) is 4.98 Å². The summed E-state index contributed by atoms with van der Waals surface area (Å²) >= 11 is 5.94. The average molecular weight is 221 g/mol. The van der Waals surface area contributed by atoms with Gasteiger partial charge in [0, 0.05) is 25.0 Å². The van der Waals surface area contributed by atoms with Gasteiger partial charge < -0.3 is 5.32 Å². The number of hydrogen-bond acceptors (Lipinski definition) is 2. The lowest BCUT2D eigenvalue weighted by atomic mass is 9.78. The Hall–Kier alpha value is -0.860. The molecule has 1 aromatic heterocycles. The van der Waals surface area contributed by atoms with Crippen LogP contribution >= 0.6 is 11.6 Å². The summed E-state index contributed by atoms with van der Waals surface area (Å²) in [5.41, 5.74) is 2.56. The van der Waals surface area contributed by atoms with Crippen LogP contribution in [-0.2, 0) is 0 Å². The van der Waals surface area contributed by atoms with E-state index in [0.29, 0.717) is 6.04 Å². The monoisotopic (exact) mass is 220 g/mol. The molecule has 3 heteroatoms. The highest BCUT2D eigenvalue weighted by Gasteiger charge is 2.32. The zero-order valence-corrected chi connectivity index (χ0v) is 9.17. The first-order chi connectivity index (χ1) is 7.33. The normalized spacial score (nSPS) is 29.0. The van der Waals surface area contributed by atoms with Crippen molar-refractivity contribution in [1.29, 1.82) is 0 Å². The van der Waals surface area contributed by atoms with Crippen molar-refractivity contribution in [2.24, 2.45) is 5.92 Å². The van der Waals surface area contributed by atoms with E-state index in [1.54, 1.807) is 6.20 Å². The fourth-order valence-electron chi connectivity index (χ4n) is 2.37. The predicted octanol–water partition coefficient (Wildman–Crippen LogP) is 2.50. The summed E-state index contributed by atoms with van der Waals surface area (Å²) in [4.78, 5) is 4.13. The number of nitrogens with one attached hydrogen (secondary N) is 1. The van der Waals surface area contributed by atoms with E-state index in [2.05, 4.69) is 16.4 Å². The van der Waals surface area contributed by atoms with Gasteiger partial charge in [0.05, 0.1) is 5.02 Å². The Morgan fingerprint density at radius 2 is 2.33 bits per heavy atom. The fourth-order valence-corrected chi connectivity index (χ4v) is 2.55. The van der Waals surface area contributed by atoms with Gasteiger partial charge in [0.15, 0.2) is 0 Å². The SMILES string of the molecule is Clc1cncc(C2=CC[C@H]3CN[C@H]3C2)c1. The number of hydrogen-bond donors (Lipinski definition) is 1. The number of rotatable bonds is 1. The summed E-state index contributed by atoms with van der Waals surface area (Å²) in [7, 11) is 0. The van der Waals surface area contributed by atoms with Crippen LogP contribution in [0, 0.1) is 5.92 Å². The lowest BCUT2D eigenvalue weighted by molar-refractivity contribution is 0.231. The molecule has 15 heavy (non-hydrogen) atoms. The van der Waals surface area contributed by atoms with Gasteiger partial charge in [0.25, 0.3) is 0 Å². The van der Waals surface area contributed by atoms with Crippen LogP contribution in [0.25, 0.3) is 5.57 Å². The molecule has 0 amide bonds.